The van der Waals surface area contributed by atoms with Gasteiger partial charge in [0.15, 0.2) is 0 Å². The molecule has 32 heavy (non-hydrogen) atoms. The topological polar surface area (TPSA) is 17.0 Å². The smallest absolute Gasteiger partial charge is 0.0491 e. The number of aromatic nitrogens is 1. The zero-order valence-corrected chi connectivity index (χ0v) is 18.8. The second-order valence-electron chi connectivity index (χ2n) is 9.63. The molecule has 3 aromatic carbocycles. The molecule has 1 fully saturated rings. The molecule has 0 aliphatic carbocycles. The third kappa shape index (κ3) is 3.67. The van der Waals surface area contributed by atoms with Crippen LogP contribution in [0.1, 0.15) is 59.7 Å². The number of nitrogens with zero attached hydrogens (tertiary/aromatic N) is 1. The number of aryl methyl sites for hydroxylation is 2. The average Bonchev–Trinajstić information content (AvgIpc) is 3.37. The van der Waals surface area contributed by atoms with Gasteiger partial charge in [-0.05, 0) is 66.8 Å². The van der Waals surface area contributed by atoms with E-state index in [1.165, 1.54) is 61.6 Å². The fourth-order valence-corrected chi connectivity index (χ4v) is 6.04. The van der Waals surface area contributed by atoms with Crippen molar-refractivity contribution in [1.82, 2.24) is 9.88 Å². The lowest BCUT2D eigenvalue weighted by atomic mass is 9.94. The summed E-state index contributed by atoms with van der Waals surface area (Å²) in [5.41, 5.74) is 9.04. The monoisotopic (exact) mass is 420 g/mol. The second-order valence-corrected chi connectivity index (χ2v) is 9.63. The average molecular weight is 421 g/mol. The predicted molar refractivity (Wildman–Crippen MR) is 133 cm³/mol. The fourth-order valence-electron chi connectivity index (χ4n) is 6.04. The fraction of sp³-hybridized carbons (Fsp3) is 0.333. The molecule has 162 valence electrons. The van der Waals surface area contributed by atoms with E-state index in [-0.39, 0.29) is 0 Å². The van der Waals surface area contributed by atoms with Gasteiger partial charge in [-0.25, -0.2) is 0 Å². The molecule has 2 aliphatic rings. The molecule has 4 aromatic rings. The van der Waals surface area contributed by atoms with E-state index in [1.807, 2.05) is 0 Å². The maximum absolute atomic E-state index is 3.92. The molecule has 2 nitrogen and oxygen atoms in total. The van der Waals surface area contributed by atoms with Crippen LogP contribution in [0.15, 0.2) is 78.9 Å². The number of benzene rings is 3. The zero-order valence-electron chi connectivity index (χ0n) is 18.8. The van der Waals surface area contributed by atoms with Gasteiger partial charge >= 0.3 is 0 Å². The van der Waals surface area contributed by atoms with Crippen LogP contribution in [0, 0.1) is 0 Å². The van der Waals surface area contributed by atoms with Crippen molar-refractivity contribution in [1.29, 1.82) is 0 Å². The molecule has 1 N–H and O–H groups in total. The van der Waals surface area contributed by atoms with Gasteiger partial charge in [0.1, 0.15) is 0 Å². The van der Waals surface area contributed by atoms with E-state index in [0.717, 1.165) is 6.54 Å². The molecule has 0 radical (unpaired) electrons. The first kappa shape index (κ1) is 19.8. The van der Waals surface area contributed by atoms with E-state index >= 15 is 0 Å². The van der Waals surface area contributed by atoms with Crippen LogP contribution in [-0.2, 0) is 25.8 Å². The Morgan fingerprint density at radius 3 is 2.31 bits per heavy atom. The van der Waals surface area contributed by atoms with Crippen molar-refractivity contribution in [2.45, 2.75) is 63.6 Å². The Balaban J connectivity index is 1.33. The normalized spacial score (nSPS) is 19.4. The van der Waals surface area contributed by atoms with Gasteiger partial charge in [0, 0.05) is 41.6 Å². The highest BCUT2D eigenvalue weighted by Crippen LogP contribution is 2.43. The molecule has 2 unspecified atom stereocenters. The molecule has 2 bridgehead atoms. The van der Waals surface area contributed by atoms with Gasteiger partial charge in [0.05, 0.1) is 0 Å². The lowest BCUT2D eigenvalue weighted by Crippen LogP contribution is -2.32. The Morgan fingerprint density at radius 1 is 0.750 bits per heavy atom. The minimum Gasteiger partial charge on any atom is -0.340 e. The SMILES string of the molecule is c1ccc(CCCCc2cccc3c2c2c(n3Cc3ccccc3)CC3CCC2N3)cc1. The van der Waals surface area contributed by atoms with Crippen molar-refractivity contribution in [2.75, 3.05) is 0 Å². The Labute approximate surface area is 191 Å². The van der Waals surface area contributed by atoms with Gasteiger partial charge < -0.3 is 9.88 Å². The molecular formula is C30H32N2. The first-order valence-corrected chi connectivity index (χ1v) is 12.3. The summed E-state index contributed by atoms with van der Waals surface area (Å²) in [4.78, 5) is 0. The lowest BCUT2D eigenvalue weighted by molar-refractivity contribution is 0.500. The van der Waals surface area contributed by atoms with E-state index in [1.54, 1.807) is 22.2 Å². The van der Waals surface area contributed by atoms with Crippen LogP contribution >= 0.6 is 0 Å². The Kier molecular flexibility index (Phi) is 5.32. The summed E-state index contributed by atoms with van der Waals surface area (Å²) in [5, 5.41) is 5.47. The summed E-state index contributed by atoms with van der Waals surface area (Å²) >= 11 is 0. The van der Waals surface area contributed by atoms with E-state index < -0.39 is 0 Å². The molecular weight excluding hydrogens is 388 g/mol. The van der Waals surface area contributed by atoms with E-state index in [9.17, 15) is 0 Å². The summed E-state index contributed by atoms with van der Waals surface area (Å²) in [6.45, 7) is 0.976. The second kappa shape index (κ2) is 8.60. The maximum atomic E-state index is 3.92. The van der Waals surface area contributed by atoms with Crippen LogP contribution in [0.4, 0.5) is 0 Å². The molecule has 0 saturated carbocycles. The van der Waals surface area contributed by atoms with Gasteiger partial charge in [-0.2, -0.15) is 0 Å². The van der Waals surface area contributed by atoms with Crippen LogP contribution in [0.2, 0.25) is 0 Å². The highest BCUT2D eigenvalue weighted by molar-refractivity contribution is 5.90. The molecule has 6 rings (SSSR count). The van der Waals surface area contributed by atoms with Crippen LogP contribution < -0.4 is 5.32 Å². The Morgan fingerprint density at radius 2 is 1.50 bits per heavy atom. The van der Waals surface area contributed by atoms with Crippen molar-refractivity contribution in [3.8, 4) is 0 Å². The van der Waals surface area contributed by atoms with Crippen molar-refractivity contribution >= 4 is 10.9 Å². The zero-order chi connectivity index (χ0) is 21.3. The summed E-state index contributed by atoms with van der Waals surface area (Å²) in [6, 6.07) is 30.1. The molecule has 2 aliphatic heterocycles. The molecule has 1 aromatic heterocycles. The number of unbranched alkanes of at least 4 members (excludes halogenated alkanes) is 1. The third-order valence-electron chi connectivity index (χ3n) is 7.54. The van der Waals surface area contributed by atoms with Gasteiger partial charge in [0.25, 0.3) is 0 Å². The van der Waals surface area contributed by atoms with Gasteiger partial charge in [-0.15, -0.1) is 0 Å². The highest BCUT2D eigenvalue weighted by atomic mass is 15.1. The van der Waals surface area contributed by atoms with Crippen LogP contribution in [0.5, 0.6) is 0 Å². The van der Waals surface area contributed by atoms with Gasteiger partial charge in [-0.3, -0.25) is 0 Å². The van der Waals surface area contributed by atoms with Crippen molar-refractivity contribution in [3.05, 3.63) is 107 Å². The van der Waals surface area contributed by atoms with E-state index in [4.69, 9.17) is 0 Å². The Bertz CT molecular complexity index is 1210. The molecule has 1 saturated heterocycles. The minimum absolute atomic E-state index is 0.536. The van der Waals surface area contributed by atoms with Crippen molar-refractivity contribution < 1.29 is 0 Å². The maximum Gasteiger partial charge on any atom is 0.0491 e. The molecule has 2 heteroatoms. The summed E-state index contributed by atoms with van der Waals surface area (Å²) in [7, 11) is 0. The first-order chi connectivity index (χ1) is 15.9. The van der Waals surface area contributed by atoms with Crippen molar-refractivity contribution in [3.63, 3.8) is 0 Å². The lowest BCUT2D eigenvalue weighted by Gasteiger charge is -2.24. The number of hydrogen-bond acceptors (Lipinski definition) is 1. The largest absolute Gasteiger partial charge is 0.340 e. The van der Waals surface area contributed by atoms with Gasteiger partial charge in [-0.1, -0.05) is 72.8 Å². The van der Waals surface area contributed by atoms with E-state index in [2.05, 4.69) is 88.7 Å². The number of rotatable bonds is 7. The van der Waals surface area contributed by atoms with Crippen molar-refractivity contribution in [2.24, 2.45) is 0 Å². The quantitative estimate of drug-likeness (QED) is 0.333. The molecule has 0 spiro atoms. The number of fused-ring (bicyclic) bond motifs is 6. The van der Waals surface area contributed by atoms with Crippen LogP contribution in [0.3, 0.4) is 0 Å². The van der Waals surface area contributed by atoms with Gasteiger partial charge in [0.2, 0.25) is 0 Å². The van der Waals surface area contributed by atoms with E-state index in [0.29, 0.717) is 12.1 Å². The van der Waals surface area contributed by atoms with Crippen LogP contribution in [0.25, 0.3) is 10.9 Å². The Hall–Kier alpha value is -2.84. The minimum atomic E-state index is 0.536. The molecule has 2 atom stereocenters. The standard InChI is InChI=1S/C30H32N2/c1-3-10-22(11-4-1)12-7-8-15-24-16-9-17-27-29(24)30-26-19-18-25(31-26)20-28(30)32(27)21-23-13-5-2-6-14-23/h1-6,9-11,13-14,16-17,25-26,31H,7-8,12,15,18-21H2. The molecule has 0 amide bonds. The first-order valence-electron chi connectivity index (χ1n) is 12.3. The highest BCUT2D eigenvalue weighted by Gasteiger charge is 2.36. The summed E-state index contributed by atoms with van der Waals surface area (Å²) in [6.07, 6.45) is 8.60. The summed E-state index contributed by atoms with van der Waals surface area (Å²) < 4.78 is 2.64. The van der Waals surface area contributed by atoms with Crippen LogP contribution in [-0.4, -0.2) is 10.6 Å². The number of nitrogens with one attached hydrogen (secondary N) is 1. The third-order valence-corrected chi connectivity index (χ3v) is 7.54. The number of hydrogen-bond donors (Lipinski definition) is 1. The summed E-state index contributed by atoms with van der Waals surface area (Å²) in [5.74, 6) is 0. The predicted octanol–water partition coefficient (Wildman–Crippen LogP) is 6.60. The molecule has 3 heterocycles.